The van der Waals surface area contributed by atoms with Crippen molar-refractivity contribution >= 4 is 33.2 Å². The second kappa shape index (κ2) is 8.52. The quantitative estimate of drug-likeness (QED) is 0.552. The van der Waals surface area contributed by atoms with Crippen molar-refractivity contribution in [3.8, 4) is 22.8 Å². The Hall–Kier alpha value is -2.56. The second-order valence-electron chi connectivity index (χ2n) is 7.09. The number of anilines is 1. The van der Waals surface area contributed by atoms with Crippen LogP contribution < -0.4 is 14.4 Å². The highest BCUT2D eigenvalue weighted by Gasteiger charge is 2.26. The molecule has 3 aromatic rings. The Kier molecular flexibility index (Phi) is 5.96. The van der Waals surface area contributed by atoms with E-state index in [4.69, 9.17) is 21.1 Å². The number of halogens is 1. The number of fused-ring (bicyclic) bond motifs is 1. The number of methoxy groups -OCH3 is 2. The molecule has 0 N–H and O–H groups in total. The molecule has 1 fully saturated rings. The van der Waals surface area contributed by atoms with E-state index in [1.165, 1.54) is 4.31 Å². The molecule has 1 aliphatic rings. The summed E-state index contributed by atoms with van der Waals surface area (Å²) in [6.07, 6.45) is 3.75. The third kappa shape index (κ3) is 4.15. The van der Waals surface area contributed by atoms with Crippen LogP contribution in [0.1, 0.15) is 6.92 Å². The number of ether oxygens (including phenoxy) is 2. The summed E-state index contributed by atoms with van der Waals surface area (Å²) in [6, 6.07) is 5.39. The van der Waals surface area contributed by atoms with Crippen LogP contribution in [0.4, 0.5) is 5.82 Å². The lowest BCUT2D eigenvalue weighted by molar-refractivity contribution is 0.384. The van der Waals surface area contributed by atoms with Gasteiger partial charge >= 0.3 is 0 Å². The van der Waals surface area contributed by atoms with Gasteiger partial charge < -0.3 is 14.4 Å². The first kappa shape index (κ1) is 21.7. The van der Waals surface area contributed by atoms with Crippen LogP contribution in [0.15, 0.2) is 30.6 Å². The van der Waals surface area contributed by atoms with E-state index in [1.807, 2.05) is 22.9 Å². The molecule has 1 aromatic carbocycles. The third-order valence-corrected chi connectivity index (χ3v) is 7.56. The number of nitrogens with zero attached hydrogens (tertiary/aromatic N) is 5. The van der Waals surface area contributed by atoms with Crippen LogP contribution in [0.3, 0.4) is 0 Å². The molecule has 0 bridgehead atoms. The second-order valence-corrected chi connectivity index (χ2v) is 9.76. The Bertz CT molecular complexity index is 1210. The Morgan fingerprint density at radius 1 is 1.06 bits per heavy atom. The van der Waals surface area contributed by atoms with Crippen molar-refractivity contribution in [3.63, 3.8) is 0 Å². The molecular weight excluding hydrogens is 442 g/mol. The fraction of sp³-hybridized carbons (Fsp3) is 0.400. The first-order valence-corrected chi connectivity index (χ1v) is 11.9. The van der Waals surface area contributed by atoms with Crippen LogP contribution >= 0.6 is 11.6 Å². The summed E-state index contributed by atoms with van der Waals surface area (Å²) >= 11 is 6.30. The Morgan fingerprint density at radius 3 is 2.42 bits per heavy atom. The van der Waals surface area contributed by atoms with Gasteiger partial charge in [-0.2, -0.15) is 9.29 Å². The van der Waals surface area contributed by atoms with Gasteiger partial charge in [-0.1, -0.05) is 11.6 Å². The monoisotopic (exact) mass is 465 g/mol. The summed E-state index contributed by atoms with van der Waals surface area (Å²) < 4.78 is 38.3. The number of hydrogen-bond acceptors (Lipinski definition) is 7. The Morgan fingerprint density at radius 2 is 1.77 bits per heavy atom. The van der Waals surface area contributed by atoms with E-state index in [9.17, 15) is 8.42 Å². The molecule has 11 heteroatoms. The van der Waals surface area contributed by atoms with Gasteiger partial charge in [0, 0.05) is 50.2 Å². The smallest absolute Gasteiger partial charge is 0.236 e. The molecule has 3 heterocycles. The predicted molar refractivity (Wildman–Crippen MR) is 120 cm³/mol. The number of piperazine rings is 1. The Balaban J connectivity index is 1.61. The molecule has 9 nitrogen and oxygen atoms in total. The lowest BCUT2D eigenvalue weighted by Gasteiger charge is -2.34. The largest absolute Gasteiger partial charge is 0.496 e. The van der Waals surface area contributed by atoms with E-state index in [0.717, 1.165) is 11.4 Å². The van der Waals surface area contributed by atoms with Crippen molar-refractivity contribution < 1.29 is 17.9 Å². The summed E-state index contributed by atoms with van der Waals surface area (Å²) in [6.45, 7) is 3.72. The molecule has 4 rings (SSSR count). The van der Waals surface area contributed by atoms with E-state index < -0.39 is 10.0 Å². The summed E-state index contributed by atoms with van der Waals surface area (Å²) in [5, 5.41) is 0.462. The van der Waals surface area contributed by atoms with E-state index >= 15 is 0 Å². The normalized spacial score (nSPS) is 15.4. The van der Waals surface area contributed by atoms with Gasteiger partial charge in [0.2, 0.25) is 15.8 Å². The highest BCUT2D eigenvalue weighted by Crippen LogP contribution is 2.38. The van der Waals surface area contributed by atoms with Gasteiger partial charge in [0.05, 0.1) is 30.7 Å². The third-order valence-electron chi connectivity index (χ3n) is 5.38. The average molecular weight is 466 g/mol. The van der Waals surface area contributed by atoms with Gasteiger partial charge in [0.15, 0.2) is 0 Å². The summed E-state index contributed by atoms with van der Waals surface area (Å²) in [5.74, 6) is 2.53. The zero-order valence-electron chi connectivity index (χ0n) is 17.6. The Labute approximate surface area is 186 Å². The molecule has 31 heavy (non-hydrogen) atoms. The molecule has 0 saturated carbocycles. The number of imidazole rings is 1. The lowest BCUT2D eigenvalue weighted by Crippen LogP contribution is -2.49. The molecule has 0 amide bonds. The van der Waals surface area contributed by atoms with Crippen molar-refractivity contribution in [2.75, 3.05) is 51.1 Å². The van der Waals surface area contributed by atoms with Gasteiger partial charge in [-0.25, -0.2) is 13.4 Å². The molecule has 1 saturated heterocycles. The van der Waals surface area contributed by atoms with Crippen LogP contribution in [-0.4, -0.2) is 73.2 Å². The van der Waals surface area contributed by atoms with E-state index in [0.29, 0.717) is 54.2 Å². The van der Waals surface area contributed by atoms with Crippen LogP contribution in [0.2, 0.25) is 5.02 Å². The molecule has 0 aliphatic carbocycles. The summed E-state index contributed by atoms with van der Waals surface area (Å²) in [4.78, 5) is 11.4. The van der Waals surface area contributed by atoms with E-state index in [2.05, 4.69) is 14.9 Å². The molecular formula is C20H24ClN5O4S. The zero-order valence-corrected chi connectivity index (χ0v) is 19.1. The van der Waals surface area contributed by atoms with Crippen LogP contribution in [-0.2, 0) is 10.0 Å². The van der Waals surface area contributed by atoms with Gasteiger partial charge in [-0.05, 0) is 19.1 Å². The van der Waals surface area contributed by atoms with Crippen molar-refractivity contribution in [1.29, 1.82) is 0 Å². The molecule has 166 valence electrons. The molecule has 0 radical (unpaired) electrons. The number of benzene rings is 1. The molecule has 0 atom stereocenters. The summed E-state index contributed by atoms with van der Waals surface area (Å²) in [7, 11) is -0.0360. The maximum atomic E-state index is 12.1. The van der Waals surface area contributed by atoms with E-state index in [1.54, 1.807) is 33.3 Å². The number of hydrogen-bond donors (Lipinski definition) is 0. The van der Waals surface area contributed by atoms with Crippen LogP contribution in [0, 0.1) is 0 Å². The zero-order chi connectivity index (χ0) is 22.2. The number of aromatic nitrogens is 3. The topological polar surface area (TPSA) is 89.3 Å². The molecule has 0 unspecified atom stereocenters. The van der Waals surface area contributed by atoms with Gasteiger partial charge in [-0.3, -0.25) is 4.40 Å². The lowest BCUT2D eigenvalue weighted by atomic mass is 10.1. The fourth-order valence-electron chi connectivity index (χ4n) is 3.61. The van der Waals surface area contributed by atoms with Gasteiger partial charge in [-0.15, -0.1) is 0 Å². The highest BCUT2D eigenvalue weighted by atomic mass is 35.5. The SMILES string of the molecule is CCS(=O)(=O)N1CCN(c2ccn3cc(-c4cc(Cl)c(OC)cc4OC)nc3n2)CC1. The molecule has 2 aromatic heterocycles. The number of rotatable bonds is 6. The van der Waals surface area contributed by atoms with Crippen LogP contribution in [0.25, 0.3) is 17.0 Å². The minimum Gasteiger partial charge on any atom is -0.496 e. The predicted octanol–water partition coefficient (Wildman–Crippen LogP) is 2.54. The van der Waals surface area contributed by atoms with Crippen molar-refractivity contribution in [3.05, 3.63) is 35.6 Å². The minimum atomic E-state index is -3.17. The van der Waals surface area contributed by atoms with E-state index in [-0.39, 0.29) is 5.75 Å². The van der Waals surface area contributed by atoms with Crippen molar-refractivity contribution in [1.82, 2.24) is 18.7 Å². The first-order chi connectivity index (χ1) is 14.9. The van der Waals surface area contributed by atoms with Gasteiger partial charge in [0.25, 0.3) is 0 Å². The molecule has 0 spiro atoms. The number of sulfonamides is 1. The minimum absolute atomic E-state index is 0.118. The maximum Gasteiger partial charge on any atom is 0.236 e. The average Bonchev–Trinajstić information content (AvgIpc) is 3.22. The van der Waals surface area contributed by atoms with Crippen LogP contribution in [0.5, 0.6) is 11.5 Å². The highest BCUT2D eigenvalue weighted by molar-refractivity contribution is 7.89. The van der Waals surface area contributed by atoms with Crippen molar-refractivity contribution in [2.24, 2.45) is 0 Å². The van der Waals surface area contributed by atoms with Crippen molar-refractivity contribution in [2.45, 2.75) is 6.92 Å². The van der Waals surface area contributed by atoms with Gasteiger partial charge in [0.1, 0.15) is 17.3 Å². The molecule has 1 aliphatic heterocycles. The first-order valence-electron chi connectivity index (χ1n) is 9.86. The maximum absolute atomic E-state index is 12.1. The standard InChI is InChI=1S/C20H24ClN5O4S/c1-4-31(27,28)26-9-7-24(8-10-26)19-5-6-25-13-16(22-20(25)23-19)14-11-15(21)18(30-3)12-17(14)29-2/h5-6,11-13H,4,7-10H2,1-3H3. The fourth-order valence-corrected chi connectivity index (χ4v) is 4.93. The summed E-state index contributed by atoms with van der Waals surface area (Å²) in [5.41, 5.74) is 1.41.